The van der Waals surface area contributed by atoms with Gasteiger partial charge in [-0.2, -0.15) is 0 Å². The Hall–Kier alpha value is -2.62. The van der Waals surface area contributed by atoms with Gasteiger partial charge in [0.25, 0.3) is 0 Å². The summed E-state index contributed by atoms with van der Waals surface area (Å²) < 4.78 is 11.6. The fourth-order valence-corrected chi connectivity index (χ4v) is 7.62. The van der Waals surface area contributed by atoms with Crippen LogP contribution in [-0.2, 0) is 0 Å². The molecule has 3 aliphatic rings. The lowest BCUT2D eigenvalue weighted by Crippen LogP contribution is -2.60. The van der Waals surface area contributed by atoms with Crippen LogP contribution in [0.2, 0.25) is 0 Å². The van der Waals surface area contributed by atoms with Crippen molar-refractivity contribution < 1.29 is 8.83 Å². The molecule has 2 aromatic heterocycles. The van der Waals surface area contributed by atoms with Crippen molar-refractivity contribution in [1.82, 2.24) is 0 Å². The smallest absolute Gasteiger partial charge is 0.336 e. The Bertz CT molecular complexity index is 1250. The van der Waals surface area contributed by atoms with Gasteiger partial charge < -0.3 is 8.83 Å². The zero-order chi connectivity index (χ0) is 26.2. The lowest BCUT2D eigenvalue weighted by Gasteiger charge is -2.65. The minimum atomic E-state index is -0.298. The van der Waals surface area contributed by atoms with Crippen molar-refractivity contribution in [2.75, 3.05) is 0 Å². The standard InChI is InChI=1S/C32H40O4/c1-17-13-23(35-25(33)15-17)19-9-11-21(31(3,4)5)29-27(19)28-20(24-14-18(2)16-26(34)36-24)10-12-22(30(28)29)32(6,7)8/h9-10,13-16,21-22,27-30H,11-12H2,1-8H3. The van der Waals surface area contributed by atoms with E-state index in [-0.39, 0.29) is 33.9 Å². The van der Waals surface area contributed by atoms with E-state index in [1.807, 2.05) is 26.0 Å². The van der Waals surface area contributed by atoms with E-state index in [9.17, 15) is 9.59 Å². The summed E-state index contributed by atoms with van der Waals surface area (Å²) in [5.41, 5.74) is 3.86. The maximum absolute atomic E-state index is 12.4. The minimum absolute atomic E-state index is 0.156. The normalized spacial score (nSPS) is 30.0. The molecule has 1 fully saturated rings. The van der Waals surface area contributed by atoms with Crippen LogP contribution >= 0.6 is 0 Å². The monoisotopic (exact) mass is 488 g/mol. The summed E-state index contributed by atoms with van der Waals surface area (Å²) in [7, 11) is 0. The highest BCUT2D eigenvalue weighted by Crippen LogP contribution is 2.70. The van der Waals surface area contributed by atoms with Crippen LogP contribution in [0.15, 0.2) is 54.8 Å². The fraction of sp³-hybridized carbons (Fsp3) is 0.562. The predicted molar refractivity (Wildman–Crippen MR) is 144 cm³/mol. The molecule has 1 saturated carbocycles. The Kier molecular flexibility index (Phi) is 5.89. The van der Waals surface area contributed by atoms with Gasteiger partial charge in [-0.3, -0.25) is 0 Å². The van der Waals surface area contributed by atoms with E-state index in [1.165, 1.54) is 0 Å². The van der Waals surface area contributed by atoms with E-state index in [0.717, 1.165) is 35.1 Å². The summed E-state index contributed by atoms with van der Waals surface area (Å²) >= 11 is 0. The van der Waals surface area contributed by atoms with Crippen LogP contribution in [-0.4, -0.2) is 0 Å². The van der Waals surface area contributed by atoms with Gasteiger partial charge >= 0.3 is 11.3 Å². The van der Waals surface area contributed by atoms with Crippen molar-refractivity contribution in [2.45, 2.75) is 68.2 Å². The molecule has 0 bridgehead atoms. The number of hydrogen-bond donors (Lipinski definition) is 0. The lowest BCUT2D eigenvalue weighted by atomic mass is 9.38. The first-order valence-electron chi connectivity index (χ1n) is 13.4. The van der Waals surface area contributed by atoms with Gasteiger partial charge in [0, 0.05) is 12.1 Å². The summed E-state index contributed by atoms with van der Waals surface area (Å²) in [6.45, 7) is 18.1. The maximum Gasteiger partial charge on any atom is 0.336 e. The third-order valence-corrected chi connectivity index (χ3v) is 9.11. The zero-order valence-corrected chi connectivity index (χ0v) is 23.0. The third-order valence-electron chi connectivity index (χ3n) is 9.11. The van der Waals surface area contributed by atoms with Gasteiger partial charge in [-0.05, 0) is 107 Å². The second-order valence-corrected chi connectivity index (χ2v) is 13.6. The second kappa shape index (κ2) is 8.46. The average Bonchev–Trinajstić information content (AvgIpc) is 2.72. The Labute approximate surface area is 214 Å². The SMILES string of the molecule is Cc1cc(C2=CCC(C(C)(C)C)C3C2C2C(c4cc(C)cc(=O)o4)=CCC(C(C)(C)C)C23)oc(=O)c1. The summed E-state index contributed by atoms with van der Waals surface area (Å²) in [5.74, 6) is 3.85. The van der Waals surface area contributed by atoms with Crippen molar-refractivity contribution in [1.29, 1.82) is 0 Å². The molecule has 2 heterocycles. The Morgan fingerprint density at radius 3 is 1.31 bits per heavy atom. The Morgan fingerprint density at radius 1 is 0.639 bits per heavy atom. The molecule has 6 unspecified atom stereocenters. The van der Waals surface area contributed by atoms with E-state index in [4.69, 9.17) is 8.83 Å². The van der Waals surface area contributed by atoms with Gasteiger partial charge in [-0.1, -0.05) is 53.7 Å². The van der Waals surface area contributed by atoms with E-state index >= 15 is 0 Å². The molecule has 3 aliphatic carbocycles. The predicted octanol–water partition coefficient (Wildman–Crippen LogP) is 7.29. The van der Waals surface area contributed by atoms with Gasteiger partial charge in [-0.25, -0.2) is 9.59 Å². The molecular weight excluding hydrogens is 448 g/mol. The van der Waals surface area contributed by atoms with Crippen LogP contribution in [0, 0.1) is 60.2 Å². The Balaban J connectivity index is 1.70. The van der Waals surface area contributed by atoms with Gasteiger partial charge in [0.2, 0.25) is 0 Å². The number of hydrogen-bond acceptors (Lipinski definition) is 4. The molecule has 0 radical (unpaired) electrons. The minimum Gasteiger partial charge on any atom is -0.423 e. The van der Waals surface area contributed by atoms with E-state index < -0.39 is 0 Å². The van der Waals surface area contributed by atoms with Crippen molar-refractivity contribution in [3.05, 3.63) is 79.9 Å². The molecule has 0 spiro atoms. The molecule has 0 aromatic carbocycles. The van der Waals surface area contributed by atoms with E-state index in [1.54, 1.807) is 12.1 Å². The molecule has 192 valence electrons. The van der Waals surface area contributed by atoms with Crippen molar-refractivity contribution in [3.8, 4) is 0 Å². The molecule has 4 nitrogen and oxygen atoms in total. The van der Waals surface area contributed by atoms with Crippen LogP contribution in [0.5, 0.6) is 0 Å². The summed E-state index contributed by atoms with van der Waals surface area (Å²) in [6, 6.07) is 7.12. The van der Waals surface area contributed by atoms with E-state index in [2.05, 4.69) is 53.7 Å². The second-order valence-electron chi connectivity index (χ2n) is 13.6. The number of allylic oxidation sites excluding steroid dienone is 4. The maximum atomic E-state index is 12.4. The highest BCUT2D eigenvalue weighted by Gasteiger charge is 2.63. The van der Waals surface area contributed by atoms with Crippen molar-refractivity contribution in [3.63, 3.8) is 0 Å². The number of rotatable bonds is 2. The van der Waals surface area contributed by atoms with E-state index in [0.29, 0.717) is 35.2 Å². The average molecular weight is 489 g/mol. The summed E-state index contributed by atoms with van der Waals surface area (Å²) in [6.07, 6.45) is 6.62. The quantitative estimate of drug-likeness (QED) is 0.445. The highest BCUT2D eigenvalue weighted by molar-refractivity contribution is 5.75. The topological polar surface area (TPSA) is 60.4 Å². The summed E-state index contributed by atoms with van der Waals surface area (Å²) in [4.78, 5) is 24.7. The number of aryl methyl sites for hydroxylation is 2. The van der Waals surface area contributed by atoms with Gasteiger partial charge in [0.1, 0.15) is 11.5 Å². The largest absolute Gasteiger partial charge is 0.423 e. The third kappa shape index (κ3) is 4.17. The van der Waals surface area contributed by atoms with Crippen LogP contribution in [0.1, 0.15) is 77.0 Å². The molecule has 0 saturated heterocycles. The zero-order valence-electron chi connectivity index (χ0n) is 23.0. The molecule has 36 heavy (non-hydrogen) atoms. The molecule has 4 heteroatoms. The highest BCUT2D eigenvalue weighted by atomic mass is 16.4. The van der Waals surface area contributed by atoms with Crippen molar-refractivity contribution in [2.24, 2.45) is 46.3 Å². The fourth-order valence-electron chi connectivity index (χ4n) is 7.62. The van der Waals surface area contributed by atoms with Gasteiger partial charge in [0.15, 0.2) is 0 Å². The first kappa shape index (κ1) is 25.0. The first-order valence-corrected chi connectivity index (χ1v) is 13.4. The molecule has 0 amide bonds. The molecule has 2 aromatic rings. The lowest BCUT2D eigenvalue weighted by molar-refractivity contribution is -0.0993. The van der Waals surface area contributed by atoms with Gasteiger partial charge in [-0.15, -0.1) is 0 Å². The summed E-state index contributed by atoms with van der Waals surface area (Å²) in [5, 5.41) is 0. The molecule has 5 rings (SSSR count). The van der Waals surface area contributed by atoms with Crippen LogP contribution in [0.3, 0.4) is 0 Å². The molecule has 0 aliphatic heterocycles. The van der Waals surface area contributed by atoms with Crippen molar-refractivity contribution >= 4 is 11.1 Å². The van der Waals surface area contributed by atoms with Crippen LogP contribution < -0.4 is 11.3 Å². The Morgan fingerprint density at radius 2 is 1.00 bits per heavy atom. The first-order chi connectivity index (χ1) is 16.8. The molecular formula is C32H40O4. The molecule has 0 N–H and O–H groups in total. The van der Waals surface area contributed by atoms with Crippen LogP contribution in [0.25, 0.3) is 11.1 Å². The molecule has 6 atom stereocenters. The van der Waals surface area contributed by atoms with Crippen LogP contribution in [0.4, 0.5) is 0 Å². The van der Waals surface area contributed by atoms with Gasteiger partial charge in [0.05, 0.1) is 0 Å². The number of fused-ring (bicyclic) bond motifs is 4.